The van der Waals surface area contributed by atoms with Crippen molar-refractivity contribution < 1.29 is 4.79 Å². The summed E-state index contributed by atoms with van der Waals surface area (Å²) < 4.78 is 0. The van der Waals surface area contributed by atoms with Crippen LogP contribution in [0.3, 0.4) is 0 Å². The first-order valence-electron chi connectivity index (χ1n) is 8.78. The summed E-state index contributed by atoms with van der Waals surface area (Å²) in [5, 5.41) is 3.23. The summed E-state index contributed by atoms with van der Waals surface area (Å²) in [4.78, 5) is 12.7. The van der Waals surface area contributed by atoms with Gasteiger partial charge in [0.05, 0.1) is 0 Å². The molecule has 1 aliphatic heterocycles. The van der Waals surface area contributed by atoms with E-state index in [1.54, 1.807) is 6.08 Å². The number of allylic oxidation sites excluding steroid dienone is 7. The molecule has 1 atom stereocenters. The average molecular weight is 345 g/mol. The topological polar surface area (TPSA) is 29.1 Å². The maximum Gasteiger partial charge on any atom is 0.252 e. The molecule has 0 aromatic heterocycles. The Labute approximate surface area is 157 Å². The molecule has 1 saturated heterocycles. The van der Waals surface area contributed by atoms with Crippen LogP contribution in [0.2, 0.25) is 0 Å². The van der Waals surface area contributed by atoms with Gasteiger partial charge in [0, 0.05) is 5.57 Å². The highest BCUT2D eigenvalue weighted by atomic mass is 16.2. The van der Waals surface area contributed by atoms with Gasteiger partial charge in [0.15, 0.2) is 0 Å². The van der Waals surface area contributed by atoms with Crippen LogP contribution >= 0.6 is 0 Å². The number of carbonyl (C=O) groups is 1. The molecular formula is C24H27NO. The Balaban J connectivity index is 2.80. The molecule has 0 bridgehead atoms. The quantitative estimate of drug-likeness (QED) is 0.557. The third kappa shape index (κ3) is 3.41. The predicted molar refractivity (Wildman–Crippen MR) is 111 cm³/mol. The molecular weight excluding hydrogens is 318 g/mol. The Morgan fingerprint density at radius 2 is 1.77 bits per heavy atom. The Morgan fingerprint density at radius 3 is 2.31 bits per heavy atom. The van der Waals surface area contributed by atoms with Gasteiger partial charge in [-0.05, 0) is 44.4 Å². The highest BCUT2D eigenvalue weighted by Gasteiger charge is 2.47. The Kier molecular flexibility index (Phi) is 5.99. The van der Waals surface area contributed by atoms with E-state index in [1.165, 1.54) is 5.56 Å². The van der Waals surface area contributed by atoms with E-state index in [2.05, 4.69) is 49.7 Å². The van der Waals surface area contributed by atoms with Crippen LogP contribution < -0.4 is 5.32 Å². The molecule has 1 aromatic carbocycles. The van der Waals surface area contributed by atoms with Crippen molar-refractivity contribution in [2.24, 2.45) is 0 Å². The molecule has 2 rings (SSSR count). The highest BCUT2D eigenvalue weighted by molar-refractivity contribution is 6.04. The van der Waals surface area contributed by atoms with E-state index < -0.39 is 5.54 Å². The summed E-state index contributed by atoms with van der Waals surface area (Å²) in [7, 11) is 0. The second kappa shape index (κ2) is 8.01. The second-order valence-corrected chi connectivity index (χ2v) is 6.55. The first kappa shape index (κ1) is 19.5. The van der Waals surface area contributed by atoms with Crippen molar-refractivity contribution >= 4 is 5.91 Å². The molecule has 1 aliphatic rings. The first-order chi connectivity index (χ1) is 12.4. The van der Waals surface area contributed by atoms with Crippen molar-refractivity contribution in [1.29, 1.82) is 0 Å². The van der Waals surface area contributed by atoms with Crippen LogP contribution in [-0.2, 0) is 10.3 Å². The standard InChI is InChI=1S/C24H27NO/c1-7-10-22-21(9-3)23(26)25-24(22,19(6)14-11-17(4)8-2)20-15-12-18(5)13-16-20/h7-16H,1-2H2,3-6H3,(H,25,26)/b17-11-,19-14+,21-9+,22-10?. The molecule has 0 saturated carbocycles. The molecule has 0 aliphatic carbocycles. The van der Waals surface area contributed by atoms with Gasteiger partial charge in [-0.2, -0.15) is 0 Å². The van der Waals surface area contributed by atoms with Crippen molar-refractivity contribution in [2.45, 2.75) is 33.2 Å². The van der Waals surface area contributed by atoms with Gasteiger partial charge in [-0.3, -0.25) is 4.79 Å². The minimum absolute atomic E-state index is 0.0710. The number of aryl methyl sites for hydroxylation is 1. The molecule has 1 heterocycles. The average Bonchev–Trinajstić information content (AvgIpc) is 2.92. The van der Waals surface area contributed by atoms with Gasteiger partial charge in [0.2, 0.25) is 0 Å². The number of rotatable bonds is 5. The van der Waals surface area contributed by atoms with Crippen molar-refractivity contribution in [2.75, 3.05) is 0 Å². The minimum Gasteiger partial charge on any atom is -0.335 e. The van der Waals surface area contributed by atoms with E-state index in [-0.39, 0.29) is 5.91 Å². The summed E-state index contributed by atoms with van der Waals surface area (Å²) in [6.07, 6.45) is 11.4. The van der Waals surface area contributed by atoms with Crippen molar-refractivity contribution in [3.05, 3.63) is 107 Å². The van der Waals surface area contributed by atoms with Crippen LogP contribution in [0.25, 0.3) is 0 Å². The number of benzene rings is 1. The Bertz CT molecular complexity index is 847. The largest absolute Gasteiger partial charge is 0.335 e. The summed E-state index contributed by atoms with van der Waals surface area (Å²) in [6.45, 7) is 15.6. The lowest BCUT2D eigenvalue weighted by Gasteiger charge is -2.33. The molecule has 1 N–H and O–H groups in total. The Hall–Kier alpha value is -2.87. The molecule has 1 unspecified atom stereocenters. The van der Waals surface area contributed by atoms with Gasteiger partial charge < -0.3 is 5.32 Å². The normalized spacial score (nSPS) is 24.1. The maximum atomic E-state index is 12.7. The zero-order valence-corrected chi connectivity index (χ0v) is 16.1. The number of hydrogen-bond donors (Lipinski definition) is 1. The minimum atomic E-state index is -0.710. The van der Waals surface area contributed by atoms with Gasteiger partial charge in [0.25, 0.3) is 5.91 Å². The molecule has 2 heteroatoms. The summed E-state index contributed by atoms with van der Waals surface area (Å²) in [5.41, 5.74) is 5.19. The van der Waals surface area contributed by atoms with E-state index >= 15 is 0 Å². The maximum absolute atomic E-state index is 12.7. The molecule has 1 fully saturated rings. The van der Waals surface area contributed by atoms with Crippen LogP contribution in [0.4, 0.5) is 0 Å². The Morgan fingerprint density at radius 1 is 1.12 bits per heavy atom. The number of carbonyl (C=O) groups excluding carboxylic acids is 1. The van der Waals surface area contributed by atoms with Gasteiger partial charge in [0.1, 0.15) is 5.54 Å². The summed E-state index contributed by atoms with van der Waals surface area (Å²) >= 11 is 0. The zero-order valence-electron chi connectivity index (χ0n) is 16.1. The molecule has 2 nitrogen and oxygen atoms in total. The van der Waals surface area contributed by atoms with Gasteiger partial charge in [-0.1, -0.05) is 85.0 Å². The number of nitrogens with one attached hydrogen (secondary N) is 1. The molecule has 1 aromatic rings. The SMILES string of the molecule is C=CC=C1/C(=C\C)C(=O)NC1(/C(C)=C/C=C(/C)C=C)c1ccc(C)cc1. The van der Waals surface area contributed by atoms with Crippen molar-refractivity contribution in [1.82, 2.24) is 5.32 Å². The monoisotopic (exact) mass is 345 g/mol. The number of amides is 1. The molecule has 1 amide bonds. The van der Waals surface area contributed by atoms with Gasteiger partial charge >= 0.3 is 0 Å². The second-order valence-electron chi connectivity index (χ2n) is 6.55. The van der Waals surface area contributed by atoms with E-state index in [4.69, 9.17) is 0 Å². The van der Waals surface area contributed by atoms with Crippen LogP contribution in [0.1, 0.15) is 31.9 Å². The highest BCUT2D eigenvalue weighted by Crippen LogP contribution is 2.45. The van der Waals surface area contributed by atoms with Crippen LogP contribution in [0.5, 0.6) is 0 Å². The smallest absolute Gasteiger partial charge is 0.252 e. The van der Waals surface area contributed by atoms with E-state index in [1.807, 2.05) is 51.2 Å². The third-order valence-electron chi connectivity index (χ3n) is 4.81. The fraction of sp³-hybridized carbons (Fsp3) is 0.208. The predicted octanol–water partition coefficient (Wildman–Crippen LogP) is 5.46. The van der Waals surface area contributed by atoms with Gasteiger partial charge in [-0.25, -0.2) is 0 Å². The van der Waals surface area contributed by atoms with Gasteiger partial charge in [-0.15, -0.1) is 0 Å². The summed E-state index contributed by atoms with van der Waals surface area (Å²) in [5.74, 6) is -0.0710. The van der Waals surface area contributed by atoms with Crippen molar-refractivity contribution in [3.63, 3.8) is 0 Å². The van der Waals surface area contributed by atoms with Crippen LogP contribution in [-0.4, -0.2) is 5.91 Å². The number of hydrogen-bond acceptors (Lipinski definition) is 1. The third-order valence-corrected chi connectivity index (χ3v) is 4.81. The van der Waals surface area contributed by atoms with Crippen LogP contribution in [0, 0.1) is 6.92 Å². The van der Waals surface area contributed by atoms with E-state index in [9.17, 15) is 4.79 Å². The lowest BCUT2D eigenvalue weighted by atomic mass is 9.76. The lowest BCUT2D eigenvalue weighted by Crippen LogP contribution is -2.41. The molecule has 0 radical (unpaired) electrons. The molecule has 0 spiro atoms. The molecule has 134 valence electrons. The lowest BCUT2D eigenvalue weighted by molar-refractivity contribution is -0.117. The fourth-order valence-corrected chi connectivity index (χ4v) is 3.27. The van der Waals surface area contributed by atoms with Crippen LogP contribution in [0.15, 0.2) is 96.2 Å². The van der Waals surface area contributed by atoms with E-state index in [0.717, 1.165) is 22.3 Å². The summed E-state index contributed by atoms with van der Waals surface area (Å²) in [6, 6.07) is 8.29. The molecule has 26 heavy (non-hydrogen) atoms. The van der Waals surface area contributed by atoms with Crippen molar-refractivity contribution in [3.8, 4) is 0 Å². The zero-order chi connectivity index (χ0) is 19.3. The van der Waals surface area contributed by atoms with E-state index in [0.29, 0.717) is 5.57 Å². The first-order valence-corrected chi connectivity index (χ1v) is 8.78. The fourth-order valence-electron chi connectivity index (χ4n) is 3.27.